The van der Waals surface area contributed by atoms with Crippen molar-refractivity contribution in [1.29, 1.82) is 0 Å². The topological polar surface area (TPSA) is 6.48 Å². The third-order valence-corrected chi connectivity index (χ3v) is 5.15. The van der Waals surface area contributed by atoms with Crippen molar-refractivity contribution in [3.05, 3.63) is 0 Å². The molecule has 2 nitrogen and oxygen atoms in total. The highest BCUT2D eigenvalue weighted by molar-refractivity contribution is 4.83. The monoisotopic (exact) mass is 280 g/mol. The third kappa shape index (κ3) is 5.37. The van der Waals surface area contributed by atoms with Crippen molar-refractivity contribution in [3.8, 4) is 0 Å². The molecule has 0 aliphatic carbocycles. The summed E-state index contributed by atoms with van der Waals surface area (Å²) in [6.45, 7) is 16.3. The summed E-state index contributed by atoms with van der Waals surface area (Å²) in [4.78, 5) is 5.10. The molecule has 2 heteroatoms. The summed E-state index contributed by atoms with van der Waals surface area (Å²) in [5, 5.41) is 0. The standard InChI is InChI=1S/C18H36N2/c1-15(6-7-16-11-19(5)12-16)10-17-13-20(14-17)9-8-18(2,3)4/h15-17H,6-14H2,1-5H3. The molecule has 20 heavy (non-hydrogen) atoms. The highest BCUT2D eigenvalue weighted by Gasteiger charge is 2.29. The second kappa shape index (κ2) is 6.79. The fraction of sp³-hybridized carbons (Fsp3) is 1.00. The van der Waals surface area contributed by atoms with Gasteiger partial charge in [-0.25, -0.2) is 0 Å². The van der Waals surface area contributed by atoms with Crippen LogP contribution in [0.5, 0.6) is 0 Å². The van der Waals surface area contributed by atoms with Gasteiger partial charge in [0, 0.05) is 26.2 Å². The zero-order valence-electron chi connectivity index (χ0n) is 14.5. The van der Waals surface area contributed by atoms with Crippen LogP contribution in [-0.4, -0.2) is 49.6 Å². The summed E-state index contributed by atoms with van der Waals surface area (Å²) in [5.74, 6) is 2.94. The van der Waals surface area contributed by atoms with E-state index in [1.807, 2.05) is 0 Å². The van der Waals surface area contributed by atoms with Gasteiger partial charge in [0.1, 0.15) is 0 Å². The Morgan fingerprint density at radius 2 is 1.70 bits per heavy atom. The van der Waals surface area contributed by atoms with Gasteiger partial charge in [-0.15, -0.1) is 0 Å². The lowest BCUT2D eigenvalue weighted by Gasteiger charge is -2.42. The first-order chi connectivity index (χ1) is 9.32. The summed E-state index contributed by atoms with van der Waals surface area (Å²) in [7, 11) is 2.24. The Labute approximate surface area is 126 Å². The molecule has 0 aromatic rings. The molecule has 2 rings (SSSR count). The van der Waals surface area contributed by atoms with Gasteiger partial charge in [0.15, 0.2) is 0 Å². The van der Waals surface area contributed by atoms with Crippen LogP contribution in [0, 0.1) is 23.2 Å². The quantitative estimate of drug-likeness (QED) is 0.701. The summed E-state index contributed by atoms with van der Waals surface area (Å²) < 4.78 is 0. The molecule has 0 radical (unpaired) electrons. The Bertz CT molecular complexity index is 282. The molecule has 2 aliphatic heterocycles. The van der Waals surface area contributed by atoms with Gasteiger partial charge in [0.2, 0.25) is 0 Å². The first kappa shape index (κ1) is 16.3. The second-order valence-corrected chi connectivity index (χ2v) is 8.94. The Hall–Kier alpha value is -0.0800. The molecule has 1 unspecified atom stereocenters. The Balaban J connectivity index is 1.49. The second-order valence-electron chi connectivity index (χ2n) is 8.94. The summed E-state index contributed by atoms with van der Waals surface area (Å²) in [5.41, 5.74) is 0.494. The molecule has 1 atom stereocenters. The number of nitrogens with zero attached hydrogens (tertiary/aromatic N) is 2. The molecule has 0 bridgehead atoms. The predicted molar refractivity (Wildman–Crippen MR) is 88.0 cm³/mol. The van der Waals surface area contributed by atoms with Crippen molar-refractivity contribution in [2.45, 2.75) is 53.4 Å². The average Bonchev–Trinajstić information content (AvgIpc) is 2.24. The van der Waals surface area contributed by atoms with E-state index in [9.17, 15) is 0 Å². The van der Waals surface area contributed by atoms with Crippen LogP contribution in [0.3, 0.4) is 0 Å². The van der Waals surface area contributed by atoms with E-state index in [0.29, 0.717) is 5.41 Å². The van der Waals surface area contributed by atoms with E-state index in [1.54, 1.807) is 0 Å². The Kier molecular flexibility index (Phi) is 5.53. The van der Waals surface area contributed by atoms with Crippen molar-refractivity contribution in [1.82, 2.24) is 9.80 Å². The molecule has 2 heterocycles. The zero-order valence-corrected chi connectivity index (χ0v) is 14.5. The van der Waals surface area contributed by atoms with E-state index in [2.05, 4.69) is 44.5 Å². The summed E-state index contributed by atoms with van der Waals surface area (Å²) in [6, 6.07) is 0. The lowest BCUT2D eigenvalue weighted by molar-refractivity contribution is 0.0674. The largest absolute Gasteiger partial charge is 0.306 e. The molecule has 0 saturated carbocycles. The molecule has 0 aromatic heterocycles. The van der Waals surface area contributed by atoms with Gasteiger partial charge >= 0.3 is 0 Å². The van der Waals surface area contributed by atoms with Gasteiger partial charge in [0.25, 0.3) is 0 Å². The Morgan fingerprint density at radius 3 is 2.25 bits per heavy atom. The molecule has 118 valence electrons. The Morgan fingerprint density at radius 1 is 1.05 bits per heavy atom. The SMILES string of the molecule is CC(CCC1CN(C)C1)CC1CN(CCC(C)(C)C)C1. The highest BCUT2D eigenvalue weighted by Crippen LogP contribution is 2.29. The molecule has 0 N–H and O–H groups in total. The van der Waals surface area contributed by atoms with Crippen LogP contribution in [0.2, 0.25) is 0 Å². The predicted octanol–water partition coefficient (Wildman–Crippen LogP) is 3.72. The molecule has 2 aliphatic rings. The number of hydrogen-bond acceptors (Lipinski definition) is 2. The van der Waals surface area contributed by atoms with Crippen molar-refractivity contribution in [2.75, 3.05) is 39.8 Å². The van der Waals surface area contributed by atoms with E-state index in [0.717, 1.165) is 17.8 Å². The molecule has 2 saturated heterocycles. The van der Waals surface area contributed by atoms with Crippen LogP contribution >= 0.6 is 0 Å². The molecular weight excluding hydrogens is 244 g/mol. The van der Waals surface area contributed by atoms with Crippen LogP contribution in [-0.2, 0) is 0 Å². The van der Waals surface area contributed by atoms with Crippen molar-refractivity contribution in [2.24, 2.45) is 23.2 Å². The lowest BCUT2D eigenvalue weighted by atomic mass is 9.84. The molecule has 0 aromatic carbocycles. The fourth-order valence-corrected chi connectivity index (χ4v) is 3.72. The van der Waals surface area contributed by atoms with E-state index >= 15 is 0 Å². The van der Waals surface area contributed by atoms with E-state index in [4.69, 9.17) is 0 Å². The number of hydrogen-bond donors (Lipinski definition) is 0. The van der Waals surface area contributed by atoms with Crippen LogP contribution in [0.15, 0.2) is 0 Å². The van der Waals surface area contributed by atoms with Crippen LogP contribution in [0.1, 0.15) is 53.4 Å². The maximum absolute atomic E-state index is 2.66. The summed E-state index contributed by atoms with van der Waals surface area (Å²) >= 11 is 0. The molecule has 0 spiro atoms. The van der Waals surface area contributed by atoms with Crippen LogP contribution in [0.25, 0.3) is 0 Å². The van der Waals surface area contributed by atoms with Crippen molar-refractivity contribution in [3.63, 3.8) is 0 Å². The van der Waals surface area contributed by atoms with Crippen LogP contribution in [0.4, 0.5) is 0 Å². The molecule has 0 amide bonds. The number of rotatable bonds is 7. The average molecular weight is 280 g/mol. The minimum absolute atomic E-state index is 0.494. The van der Waals surface area contributed by atoms with Crippen molar-refractivity contribution < 1.29 is 0 Å². The van der Waals surface area contributed by atoms with E-state index in [1.165, 1.54) is 58.4 Å². The van der Waals surface area contributed by atoms with Gasteiger partial charge in [0.05, 0.1) is 0 Å². The first-order valence-electron chi connectivity index (χ1n) is 8.73. The summed E-state index contributed by atoms with van der Waals surface area (Å²) in [6.07, 6.45) is 5.72. The van der Waals surface area contributed by atoms with Crippen molar-refractivity contribution >= 4 is 0 Å². The maximum atomic E-state index is 2.66. The van der Waals surface area contributed by atoms with Gasteiger partial charge in [-0.3, -0.25) is 0 Å². The molecular formula is C18H36N2. The lowest BCUT2D eigenvalue weighted by Crippen LogP contribution is -2.48. The van der Waals surface area contributed by atoms with E-state index < -0.39 is 0 Å². The van der Waals surface area contributed by atoms with Gasteiger partial charge < -0.3 is 9.80 Å². The maximum Gasteiger partial charge on any atom is 0.00221 e. The number of likely N-dealkylation sites (tertiary alicyclic amines) is 2. The smallest absolute Gasteiger partial charge is 0.00221 e. The minimum atomic E-state index is 0.494. The fourth-order valence-electron chi connectivity index (χ4n) is 3.72. The zero-order chi connectivity index (χ0) is 14.8. The van der Waals surface area contributed by atoms with Gasteiger partial charge in [-0.2, -0.15) is 0 Å². The first-order valence-corrected chi connectivity index (χ1v) is 8.73. The normalized spacial score (nSPS) is 24.4. The third-order valence-electron chi connectivity index (χ3n) is 5.15. The van der Waals surface area contributed by atoms with Gasteiger partial charge in [-0.1, -0.05) is 34.1 Å². The molecule has 2 fully saturated rings. The highest BCUT2D eigenvalue weighted by atomic mass is 15.2. The van der Waals surface area contributed by atoms with Gasteiger partial charge in [-0.05, 0) is 56.0 Å². The van der Waals surface area contributed by atoms with E-state index in [-0.39, 0.29) is 0 Å². The van der Waals surface area contributed by atoms with Crippen LogP contribution < -0.4 is 0 Å². The minimum Gasteiger partial charge on any atom is -0.306 e.